The maximum Gasteiger partial charge on any atom is 0.122 e. The Morgan fingerprint density at radius 1 is 0.411 bits per heavy atom. The Kier molecular flexibility index (Phi) is 14.8. The fourth-order valence-corrected chi connectivity index (χ4v) is 6.43. The number of aryl methyl sites for hydroxylation is 2. The molecule has 6 aromatic carbocycles. The van der Waals surface area contributed by atoms with E-state index in [2.05, 4.69) is 158 Å². The van der Waals surface area contributed by atoms with Gasteiger partial charge in [0.05, 0.1) is 19.8 Å². The van der Waals surface area contributed by atoms with Crippen LogP contribution in [0.15, 0.2) is 158 Å². The minimum absolute atomic E-state index is 0.420. The zero-order valence-corrected chi connectivity index (χ0v) is 33.0. The van der Waals surface area contributed by atoms with Crippen LogP contribution in [0.1, 0.15) is 49.4 Å². The van der Waals surface area contributed by atoms with Crippen molar-refractivity contribution < 1.29 is 18.9 Å². The zero-order valence-electron chi connectivity index (χ0n) is 33.0. The van der Waals surface area contributed by atoms with Crippen LogP contribution in [0.2, 0.25) is 0 Å². The van der Waals surface area contributed by atoms with Crippen LogP contribution in [0.5, 0.6) is 11.5 Å². The summed E-state index contributed by atoms with van der Waals surface area (Å²) in [6.07, 6.45) is 4.78. The number of nitrogens with zero attached hydrogens (tertiary/aromatic N) is 2. The fraction of sp³-hybridized carbons (Fsp3) is 0.240. The molecule has 0 fully saturated rings. The molecule has 0 saturated heterocycles. The van der Waals surface area contributed by atoms with Crippen LogP contribution < -0.4 is 19.3 Å². The van der Waals surface area contributed by atoms with E-state index in [1.54, 1.807) is 6.08 Å². The molecule has 0 radical (unpaired) electrons. The van der Waals surface area contributed by atoms with E-state index in [1.165, 1.54) is 11.1 Å². The van der Waals surface area contributed by atoms with Crippen molar-refractivity contribution in [2.45, 2.75) is 53.2 Å². The summed E-state index contributed by atoms with van der Waals surface area (Å²) >= 11 is 0. The monoisotopic (exact) mass is 746 g/mol. The van der Waals surface area contributed by atoms with Crippen LogP contribution in [0.25, 0.3) is 0 Å². The lowest BCUT2D eigenvalue weighted by Gasteiger charge is -2.26. The Morgan fingerprint density at radius 2 is 0.732 bits per heavy atom. The van der Waals surface area contributed by atoms with Crippen LogP contribution in [0.3, 0.4) is 0 Å². The molecule has 6 rings (SSSR count). The number of ether oxygens (including phenoxy) is 4. The Labute approximate surface area is 333 Å². The molecule has 0 N–H and O–H groups in total. The molecule has 288 valence electrons. The molecule has 0 aliphatic heterocycles. The molecule has 0 amide bonds. The first kappa shape index (κ1) is 39.9. The second kappa shape index (κ2) is 20.7. The Bertz CT molecular complexity index is 2040. The molecular weight excluding hydrogens is 693 g/mol. The molecule has 0 aliphatic carbocycles. The average molecular weight is 747 g/mol. The van der Waals surface area contributed by atoms with Gasteiger partial charge in [0.2, 0.25) is 0 Å². The third-order valence-electron chi connectivity index (χ3n) is 9.53. The molecule has 0 aromatic heterocycles. The molecule has 0 saturated carbocycles. The van der Waals surface area contributed by atoms with E-state index in [-0.39, 0.29) is 0 Å². The van der Waals surface area contributed by atoms with Crippen LogP contribution in [-0.2, 0) is 35.5 Å². The molecule has 0 bridgehead atoms. The number of anilines is 6. The lowest BCUT2D eigenvalue weighted by molar-refractivity contribution is 0.121. The third kappa shape index (κ3) is 10.9. The smallest absolute Gasteiger partial charge is 0.122 e. The minimum atomic E-state index is 0.420. The summed E-state index contributed by atoms with van der Waals surface area (Å²) in [5, 5.41) is 0. The van der Waals surface area contributed by atoms with Crippen molar-refractivity contribution >= 4 is 34.1 Å². The van der Waals surface area contributed by atoms with Gasteiger partial charge in [-0.25, -0.2) is 0 Å². The molecule has 0 unspecified atom stereocenters. The summed E-state index contributed by atoms with van der Waals surface area (Å²) < 4.78 is 23.7. The summed E-state index contributed by atoms with van der Waals surface area (Å²) in [5.41, 5.74) is 11.3. The van der Waals surface area contributed by atoms with Gasteiger partial charge in [-0.15, -0.1) is 6.58 Å². The molecular formula is C50H54N2O4. The predicted octanol–water partition coefficient (Wildman–Crippen LogP) is 12.8. The topological polar surface area (TPSA) is 43.4 Å². The first-order valence-corrected chi connectivity index (χ1v) is 19.8. The largest absolute Gasteiger partial charge is 0.490 e. The molecule has 6 aromatic rings. The summed E-state index contributed by atoms with van der Waals surface area (Å²) in [4.78, 5) is 4.52. The van der Waals surface area contributed by atoms with Crippen LogP contribution >= 0.6 is 0 Å². The van der Waals surface area contributed by atoms with Gasteiger partial charge in [-0.2, -0.15) is 0 Å². The molecule has 0 aliphatic rings. The first-order valence-electron chi connectivity index (χ1n) is 19.8. The van der Waals surface area contributed by atoms with E-state index in [9.17, 15) is 0 Å². The molecule has 6 heteroatoms. The van der Waals surface area contributed by atoms with Gasteiger partial charge >= 0.3 is 0 Å². The highest BCUT2D eigenvalue weighted by atomic mass is 16.5. The minimum Gasteiger partial charge on any atom is -0.490 e. The number of rotatable bonds is 21. The van der Waals surface area contributed by atoms with Gasteiger partial charge in [0.1, 0.15) is 24.7 Å². The highest BCUT2D eigenvalue weighted by Gasteiger charge is 2.15. The summed E-state index contributed by atoms with van der Waals surface area (Å²) in [5.74, 6) is 1.58. The quantitative estimate of drug-likeness (QED) is 0.0540. The van der Waals surface area contributed by atoms with Gasteiger partial charge in [0, 0.05) is 40.7 Å². The van der Waals surface area contributed by atoms with Crippen molar-refractivity contribution in [3.63, 3.8) is 0 Å². The molecule has 0 spiro atoms. The second-order valence-corrected chi connectivity index (χ2v) is 13.6. The predicted molar refractivity (Wildman–Crippen MR) is 232 cm³/mol. The fourth-order valence-electron chi connectivity index (χ4n) is 6.43. The van der Waals surface area contributed by atoms with Crippen molar-refractivity contribution in [2.75, 3.05) is 36.2 Å². The van der Waals surface area contributed by atoms with Gasteiger partial charge in [-0.3, -0.25) is 0 Å². The Balaban J connectivity index is 1.08. The lowest BCUT2D eigenvalue weighted by atomic mass is 10.1. The van der Waals surface area contributed by atoms with Crippen molar-refractivity contribution in [2.24, 2.45) is 0 Å². The van der Waals surface area contributed by atoms with E-state index < -0.39 is 0 Å². The van der Waals surface area contributed by atoms with Crippen molar-refractivity contribution in [1.82, 2.24) is 0 Å². The molecule has 0 atom stereocenters. The van der Waals surface area contributed by atoms with Crippen LogP contribution in [0, 0.1) is 0 Å². The summed E-state index contributed by atoms with van der Waals surface area (Å²) in [6.45, 7) is 13.5. The van der Waals surface area contributed by atoms with Gasteiger partial charge in [-0.05, 0) is 139 Å². The maximum atomic E-state index is 6.12. The van der Waals surface area contributed by atoms with Crippen molar-refractivity contribution in [3.05, 3.63) is 181 Å². The van der Waals surface area contributed by atoms with Gasteiger partial charge in [-0.1, -0.05) is 75.4 Å². The SMILES string of the molecule is C=CCOCc1ccc(N(c2ccc(CC)cc2)c2ccc(OCCOc3ccc(N(c4ccc(CC)cc4)c4ccc(COCCC)cc4)cc3)cc2)cc1. The van der Waals surface area contributed by atoms with E-state index in [4.69, 9.17) is 18.9 Å². The highest BCUT2D eigenvalue weighted by molar-refractivity contribution is 5.78. The number of benzene rings is 6. The average Bonchev–Trinajstić information content (AvgIpc) is 3.25. The van der Waals surface area contributed by atoms with E-state index >= 15 is 0 Å². The van der Waals surface area contributed by atoms with Crippen LogP contribution in [0.4, 0.5) is 34.1 Å². The van der Waals surface area contributed by atoms with Crippen molar-refractivity contribution in [3.8, 4) is 11.5 Å². The number of hydrogen-bond donors (Lipinski definition) is 0. The van der Waals surface area contributed by atoms with Crippen molar-refractivity contribution in [1.29, 1.82) is 0 Å². The second-order valence-electron chi connectivity index (χ2n) is 13.6. The summed E-state index contributed by atoms with van der Waals surface area (Å²) in [6, 6.07) is 51.1. The maximum absolute atomic E-state index is 6.12. The van der Waals surface area contributed by atoms with E-state index in [0.29, 0.717) is 33.0 Å². The van der Waals surface area contributed by atoms with Gasteiger partial charge in [0.15, 0.2) is 0 Å². The lowest BCUT2D eigenvalue weighted by Crippen LogP contribution is -2.11. The third-order valence-corrected chi connectivity index (χ3v) is 9.53. The Hall–Kier alpha value is -5.82. The van der Waals surface area contributed by atoms with Crippen LogP contribution in [-0.4, -0.2) is 26.4 Å². The van der Waals surface area contributed by atoms with E-state index in [1.807, 2.05) is 24.3 Å². The molecule has 6 nitrogen and oxygen atoms in total. The standard InChI is InChI=1S/C50H54N2O4/c1-5-33-53-37-41-13-21-45(22-14-41)51(43-17-9-39(7-3)10-18-43)47-25-29-49(30-26-47)55-35-36-56-50-31-27-48(28-32-50)52(44-19-11-40(8-4)12-20-44)46-23-15-42(16-24-46)38-54-34-6-2/h5,9-32H,1,6-8,33-38H2,2-4H3. The summed E-state index contributed by atoms with van der Waals surface area (Å²) in [7, 11) is 0. The highest BCUT2D eigenvalue weighted by Crippen LogP contribution is 2.37. The normalized spacial score (nSPS) is 10.9. The molecule has 0 heterocycles. The molecule has 56 heavy (non-hydrogen) atoms. The first-order chi connectivity index (χ1) is 27.6. The zero-order chi connectivity index (χ0) is 39.0. The Morgan fingerprint density at radius 3 is 1.05 bits per heavy atom. The van der Waals surface area contributed by atoms with Gasteiger partial charge in [0.25, 0.3) is 0 Å². The van der Waals surface area contributed by atoms with E-state index in [0.717, 1.165) is 82.6 Å². The van der Waals surface area contributed by atoms with Gasteiger partial charge < -0.3 is 28.7 Å². The number of hydrogen-bond acceptors (Lipinski definition) is 6.